The maximum absolute atomic E-state index is 12.7. The van der Waals surface area contributed by atoms with Gasteiger partial charge in [-0.2, -0.15) is 0 Å². The van der Waals surface area contributed by atoms with Gasteiger partial charge in [0.2, 0.25) is 0 Å². The van der Waals surface area contributed by atoms with Crippen LogP contribution in [0.4, 0.5) is 0 Å². The van der Waals surface area contributed by atoms with Crippen LogP contribution in [0.3, 0.4) is 0 Å². The summed E-state index contributed by atoms with van der Waals surface area (Å²) in [5.41, 5.74) is 7.27. The Hall–Kier alpha value is -2.35. The molecule has 0 spiro atoms. The van der Waals surface area contributed by atoms with Gasteiger partial charge in [0.05, 0.1) is 5.56 Å². The maximum atomic E-state index is 12.7. The van der Waals surface area contributed by atoms with E-state index in [-0.39, 0.29) is 35.1 Å². The lowest BCUT2D eigenvalue weighted by molar-refractivity contribution is 0.0928. The summed E-state index contributed by atoms with van der Waals surface area (Å²) in [4.78, 5) is 26.2. The van der Waals surface area contributed by atoms with Crippen LogP contribution in [0.25, 0.3) is 0 Å². The Labute approximate surface area is 168 Å². The zero-order chi connectivity index (χ0) is 20.1. The minimum atomic E-state index is -0.280. The highest BCUT2D eigenvalue weighted by molar-refractivity contribution is 7.98. The van der Waals surface area contributed by atoms with Crippen LogP contribution in [0.2, 0.25) is 0 Å². The maximum Gasteiger partial charge on any atom is 0.251 e. The third-order valence-corrected chi connectivity index (χ3v) is 5.66. The third-order valence-electron chi connectivity index (χ3n) is 4.94. The lowest BCUT2D eigenvalue weighted by Crippen LogP contribution is -2.50. The van der Waals surface area contributed by atoms with Crippen molar-refractivity contribution in [2.75, 3.05) is 19.3 Å². The van der Waals surface area contributed by atoms with Crippen molar-refractivity contribution < 1.29 is 14.7 Å². The van der Waals surface area contributed by atoms with Crippen LogP contribution < -0.4 is 16.4 Å². The Kier molecular flexibility index (Phi) is 6.72. The Morgan fingerprint density at radius 1 is 1.18 bits per heavy atom. The fourth-order valence-electron chi connectivity index (χ4n) is 3.26. The Morgan fingerprint density at radius 3 is 2.61 bits per heavy atom. The van der Waals surface area contributed by atoms with Crippen molar-refractivity contribution in [1.82, 2.24) is 10.6 Å². The molecular formula is C21H25N3O3S. The van der Waals surface area contributed by atoms with Gasteiger partial charge >= 0.3 is 0 Å². The summed E-state index contributed by atoms with van der Waals surface area (Å²) in [5, 5.41) is 16.3. The molecule has 0 aliphatic carbocycles. The predicted octanol–water partition coefficient (Wildman–Crippen LogP) is 2.15. The molecule has 0 bridgehead atoms. The fraction of sp³-hybridized carbons (Fsp3) is 0.333. The lowest BCUT2D eigenvalue weighted by Gasteiger charge is -2.22. The van der Waals surface area contributed by atoms with Gasteiger partial charge in [-0.05, 0) is 56.0 Å². The molecule has 1 aliphatic rings. The molecule has 7 heteroatoms. The molecule has 1 saturated heterocycles. The van der Waals surface area contributed by atoms with Gasteiger partial charge < -0.3 is 21.5 Å². The number of aromatic hydroxyl groups is 1. The van der Waals surface area contributed by atoms with Gasteiger partial charge in [0.25, 0.3) is 5.91 Å². The number of carbonyl (C=O) groups excluding carboxylic acids is 2. The number of nitrogens with two attached hydrogens (primary N) is 1. The normalized spacial score (nSPS) is 19.6. The number of hydrogen-bond donors (Lipinski definition) is 4. The van der Waals surface area contributed by atoms with E-state index in [1.165, 1.54) is 17.8 Å². The molecular weight excluding hydrogens is 374 g/mol. The van der Waals surface area contributed by atoms with E-state index in [4.69, 9.17) is 5.73 Å². The molecule has 0 unspecified atom stereocenters. The summed E-state index contributed by atoms with van der Waals surface area (Å²) in [7, 11) is 0. The Morgan fingerprint density at radius 2 is 1.89 bits per heavy atom. The molecule has 28 heavy (non-hydrogen) atoms. The van der Waals surface area contributed by atoms with E-state index < -0.39 is 0 Å². The largest absolute Gasteiger partial charge is 0.507 e. The first-order valence-corrected chi connectivity index (χ1v) is 10.5. The van der Waals surface area contributed by atoms with Gasteiger partial charge in [0.15, 0.2) is 5.78 Å². The molecule has 5 N–H and O–H groups in total. The molecule has 1 amide bonds. The van der Waals surface area contributed by atoms with Gasteiger partial charge in [-0.1, -0.05) is 12.1 Å². The van der Waals surface area contributed by atoms with E-state index in [9.17, 15) is 14.7 Å². The first-order chi connectivity index (χ1) is 13.5. The number of ketones is 1. The van der Waals surface area contributed by atoms with Crippen LogP contribution in [0, 0.1) is 0 Å². The smallest absolute Gasteiger partial charge is 0.251 e. The van der Waals surface area contributed by atoms with Gasteiger partial charge in [0, 0.05) is 34.7 Å². The first-order valence-electron chi connectivity index (χ1n) is 9.28. The SMILES string of the molecule is CSc1ccc(O)c(C(=O)c2ccc(C(=O)N[C@@H]3CCCNC[C@H]3N)cc2)c1. The van der Waals surface area contributed by atoms with Gasteiger partial charge in [-0.25, -0.2) is 0 Å². The van der Waals surface area contributed by atoms with Crippen molar-refractivity contribution in [1.29, 1.82) is 0 Å². The third kappa shape index (κ3) is 4.73. The Bertz CT molecular complexity index is 854. The number of phenols is 1. The topological polar surface area (TPSA) is 104 Å². The van der Waals surface area contributed by atoms with Crippen molar-refractivity contribution in [2.24, 2.45) is 5.73 Å². The summed E-state index contributed by atoms with van der Waals surface area (Å²) in [6.07, 6.45) is 3.70. The number of nitrogens with one attached hydrogen (secondary N) is 2. The first kappa shape index (κ1) is 20.4. The fourth-order valence-corrected chi connectivity index (χ4v) is 3.70. The van der Waals surface area contributed by atoms with Crippen molar-refractivity contribution in [3.8, 4) is 5.75 Å². The van der Waals surface area contributed by atoms with Gasteiger partial charge in [-0.3, -0.25) is 9.59 Å². The number of hydrogen-bond acceptors (Lipinski definition) is 6. The zero-order valence-electron chi connectivity index (χ0n) is 15.8. The monoisotopic (exact) mass is 399 g/mol. The van der Waals surface area contributed by atoms with Crippen molar-refractivity contribution in [3.05, 3.63) is 59.2 Å². The van der Waals surface area contributed by atoms with E-state index in [1.807, 2.05) is 6.26 Å². The number of carbonyl (C=O) groups is 2. The summed E-state index contributed by atoms with van der Waals surface area (Å²) >= 11 is 1.50. The van der Waals surface area contributed by atoms with E-state index in [0.29, 0.717) is 17.7 Å². The second kappa shape index (κ2) is 9.23. The summed E-state index contributed by atoms with van der Waals surface area (Å²) in [6, 6.07) is 11.2. The van der Waals surface area contributed by atoms with Crippen LogP contribution >= 0.6 is 11.8 Å². The van der Waals surface area contributed by atoms with Gasteiger partial charge in [-0.15, -0.1) is 11.8 Å². The molecule has 2 aromatic rings. The summed E-state index contributed by atoms with van der Waals surface area (Å²) in [5.74, 6) is -0.536. The van der Waals surface area contributed by atoms with Crippen LogP contribution in [0.15, 0.2) is 47.4 Å². The number of phenolic OH excluding ortho intramolecular Hbond substituents is 1. The van der Waals surface area contributed by atoms with Crippen LogP contribution in [0.5, 0.6) is 5.75 Å². The van der Waals surface area contributed by atoms with E-state index >= 15 is 0 Å². The highest BCUT2D eigenvalue weighted by Crippen LogP contribution is 2.26. The van der Waals surface area contributed by atoms with Gasteiger partial charge in [0.1, 0.15) is 5.75 Å². The molecule has 2 atom stereocenters. The molecule has 3 rings (SSSR count). The average Bonchev–Trinajstić information content (AvgIpc) is 2.92. The molecule has 0 aromatic heterocycles. The van der Waals surface area contributed by atoms with Crippen LogP contribution in [0.1, 0.15) is 39.1 Å². The van der Waals surface area contributed by atoms with E-state index in [0.717, 1.165) is 24.3 Å². The standard InChI is InChI=1S/C21H25N3O3S/c1-28-15-8-9-19(25)16(11-15)20(26)13-4-6-14(7-5-13)21(27)24-18-3-2-10-23-12-17(18)22/h4-9,11,17-18,23,25H,2-3,10,12,22H2,1H3,(H,24,27)/t17-,18-/m1/s1. The number of rotatable bonds is 5. The second-order valence-corrected chi connectivity index (χ2v) is 7.76. The molecule has 1 aliphatic heterocycles. The van der Waals surface area contributed by atoms with Crippen molar-refractivity contribution >= 4 is 23.5 Å². The molecule has 1 heterocycles. The summed E-state index contributed by atoms with van der Waals surface area (Å²) in [6.45, 7) is 1.58. The number of amides is 1. The highest BCUT2D eigenvalue weighted by Gasteiger charge is 2.22. The molecule has 6 nitrogen and oxygen atoms in total. The highest BCUT2D eigenvalue weighted by atomic mass is 32.2. The second-order valence-electron chi connectivity index (χ2n) is 6.88. The van der Waals surface area contributed by atoms with Crippen LogP contribution in [-0.4, -0.2) is 48.2 Å². The average molecular weight is 400 g/mol. The van der Waals surface area contributed by atoms with E-state index in [2.05, 4.69) is 10.6 Å². The van der Waals surface area contributed by atoms with Crippen molar-refractivity contribution in [3.63, 3.8) is 0 Å². The van der Waals surface area contributed by atoms with Crippen LogP contribution in [-0.2, 0) is 0 Å². The molecule has 2 aromatic carbocycles. The molecule has 148 valence electrons. The molecule has 0 saturated carbocycles. The van der Waals surface area contributed by atoms with Crippen molar-refractivity contribution in [2.45, 2.75) is 29.8 Å². The number of thioether (sulfide) groups is 1. The molecule has 0 radical (unpaired) electrons. The molecule has 1 fully saturated rings. The predicted molar refractivity (Wildman–Crippen MR) is 111 cm³/mol. The summed E-state index contributed by atoms with van der Waals surface area (Å²) < 4.78 is 0. The minimum Gasteiger partial charge on any atom is -0.507 e. The lowest BCUT2D eigenvalue weighted by atomic mass is 10.0. The quantitative estimate of drug-likeness (QED) is 0.454. The minimum absolute atomic E-state index is 0.0550. The zero-order valence-corrected chi connectivity index (χ0v) is 16.6. The van der Waals surface area contributed by atoms with E-state index in [1.54, 1.807) is 36.4 Å². The number of benzene rings is 2. The Balaban J connectivity index is 1.72.